The maximum atomic E-state index is 16.8. The Bertz CT molecular complexity index is 1720. The lowest BCUT2D eigenvalue weighted by molar-refractivity contribution is 0.0571. The summed E-state index contributed by atoms with van der Waals surface area (Å²) in [5.74, 6) is -1.46. The van der Waals surface area contributed by atoms with Crippen molar-refractivity contribution in [2.75, 3.05) is 26.2 Å². The predicted molar refractivity (Wildman–Crippen MR) is 173 cm³/mol. The largest absolute Gasteiger partial charge is 0.496 e. The molecule has 1 amide bonds. The lowest BCUT2D eigenvalue weighted by Gasteiger charge is -2.29. The average Bonchev–Trinajstić information content (AvgIpc) is 3.03. The molecule has 1 heterocycles. The molecule has 0 aliphatic heterocycles. The SMILES string of the molecule is COC(=O)c1ccccc1-c1cc(N(Cc2ncc(C)c(OC)c2C)C(=O)OC(C)(C)C)cc(-c2ccccc2C(=O)OC)c1F. The van der Waals surface area contributed by atoms with Crippen molar-refractivity contribution >= 4 is 23.7 Å². The van der Waals surface area contributed by atoms with E-state index in [2.05, 4.69) is 4.98 Å². The fourth-order valence-electron chi connectivity index (χ4n) is 5.13. The minimum Gasteiger partial charge on any atom is -0.496 e. The number of anilines is 1. The highest BCUT2D eigenvalue weighted by Gasteiger charge is 2.29. The smallest absolute Gasteiger partial charge is 0.415 e. The zero-order chi connectivity index (χ0) is 33.8. The summed E-state index contributed by atoms with van der Waals surface area (Å²) in [6.07, 6.45) is 0.925. The molecular weight excluding hydrogens is 591 g/mol. The molecule has 4 rings (SSSR count). The van der Waals surface area contributed by atoms with Gasteiger partial charge in [-0.2, -0.15) is 0 Å². The number of nitrogens with zero attached hydrogens (tertiary/aromatic N) is 2. The monoisotopic (exact) mass is 628 g/mol. The van der Waals surface area contributed by atoms with Crippen LogP contribution in [0.4, 0.5) is 14.9 Å². The van der Waals surface area contributed by atoms with Crippen molar-refractivity contribution in [2.24, 2.45) is 0 Å². The summed E-state index contributed by atoms with van der Waals surface area (Å²) in [4.78, 5) is 45.4. The molecule has 3 aromatic carbocycles. The van der Waals surface area contributed by atoms with E-state index in [-0.39, 0.29) is 45.6 Å². The van der Waals surface area contributed by atoms with Crippen molar-refractivity contribution in [3.63, 3.8) is 0 Å². The van der Waals surface area contributed by atoms with Gasteiger partial charge in [-0.05, 0) is 70.0 Å². The van der Waals surface area contributed by atoms with Gasteiger partial charge >= 0.3 is 18.0 Å². The Labute approximate surface area is 267 Å². The Balaban J connectivity index is 2.07. The van der Waals surface area contributed by atoms with Crippen LogP contribution in [-0.4, -0.2) is 49.9 Å². The van der Waals surface area contributed by atoms with Crippen molar-refractivity contribution in [3.05, 3.63) is 101 Å². The molecule has 0 atom stereocenters. The maximum absolute atomic E-state index is 16.8. The van der Waals surface area contributed by atoms with Gasteiger partial charge in [-0.1, -0.05) is 36.4 Å². The molecular formula is C36H37FN2O7. The molecule has 0 fully saturated rings. The molecule has 0 spiro atoms. The molecule has 240 valence electrons. The highest BCUT2D eigenvalue weighted by atomic mass is 19.1. The molecule has 0 saturated carbocycles. The number of benzene rings is 3. The van der Waals surface area contributed by atoms with E-state index in [0.717, 1.165) is 5.56 Å². The van der Waals surface area contributed by atoms with E-state index >= 15 is 4.39 Å². The van der Waals surface area contributed by atoms with Crippen LogP contribution in [0.15, 0.2) is 66.9 Å². The van der Waals surface area contributed by atoms with Crippen LogP contribution in [-0.2, 0) is 20.8 Å². The number of pyridine rings is 1. The van der Waals surface area contributed by atoms with Crippen LogP contribution >= 0.6 is 0 Å². The van der Waals surface area contributed by atoms with Gasteiger partial charge in [0.15, 0.2) is 0 Å². The number of aryl methyl sites for hydroxylation is 1. The number of ether oxygens (including phenoxy) is 4. The summed E-state index contributed by atoms with van der Waals surface area (Å²) in [6, 6.07) is 15.7. The van der Waals surface area contributed by atoms with E-state index < -0.39 is 29.5 Å². The molecule has 4 aromatic rings. The topological polar surface area (TPSA) is 104 Å². The van der Waals surface area contributed by atoms with Crippen LogP contribution in [0, 0.1) is 19.7 Å². The van der Waals surface area contributed by atoms with Gasteiger partial charge in [0.2, 0.25) is 0 Å². The molecule has 0 N–H and O–H groups in total. The number of carbonyl (C=O) groups excluding carboxylic acids is 3. The van der Waals surface area contributed by atoms with Gasteiger partial charge in [0, 0.05) is 34.1 Å². The number of methoxy groups -OCH3 is 3. The minimum atomic E-state index is -0.872. The summed E-state index contributed by atoms with van der Waals surface area (Å²) < 4.78 is 38.2. The first-order valence-corrected chi connectivity index (χ1v) is 14.5. The molecule has 0 unspecified atom stereocenters. The lowest BCUT2D eigenvalue weighted by atomic mass is 9.92. The van der Waals surface area contributed by atoms with Crippen LogP contribution in [0.1, 0.15) is 58.3 Å². The zero-order valence-corrected chi connectivity index (χ0v) is 27.2. The van der Waals surface area contributed by atoms with E-state index in [4.69, 9.17) is 18.9 Å². The summed E-state index contributed by atoms with van der Waals surface area (Å²) in [5.41, 5.74) is 2.05. The molecule has 0 radical (unpaired) electrons. The second-order valence-corrected chi connectivity index (χ2v) is 11.5. The number of aromatic nitrogens is 1. The van der Waals surface area contributed by atoms with Crippen molar-refractivity contribution in [2.45, 2.75) is 46.8 Å². The Morgan fingerprint density at radius 3 is 1.76 bits per heavy atom. The molecule has 1 aromatic heterocycles. The lowest BCUT2D eigenvalue weighted by Crippen LogP contribution is -2.37. The molecule has 0 bridgehead atoms. The molecule has 0 aliphatic rings. The normalized spacial score (nSPS) is 11.1. The number of esters is 2. The van der Waals surface area contributed by atoms with E-state index in [1.165, 1.54) is 43.4 Å². The highest BCUT2D eigenvalue weighted by molar-refractivity contribution is 6.01. The van der Waals surface area contributed by atoms with Crippen LogP contribution < -0.4 is 9.64 Å². The first-order chi connectivity index (χ1) is 21.8. The van der Waals surface area contributed by atoms with Crippen molar-refractivity contribution in [3.8, 4) is 28.0 Å². The first kappa shape index (κ1) is 33.6. The Kier molecular flexibility index (Phi) is 10.1. The van der Waals surface area contributed by atoms with E-state index in [9.17, 15) is 14.4 Å². The van der Waals surface area contributed by atoms with Gasteiger partial charge in [0.05, 0.1) is 44.7 Å². The first-order valence-electron chi connectivity index (χ1n) is 14.5. The quantitative estimate of drug-likeness (QED) is 0.144. The standard InChI is InChI=1S/C36H37FN2O7/c1-21-19-38-30(22(2)32(21)43-6)20-39(35(42)46-36(3,4)5)23-17-28(24-13-9-11-15-26(24)33(40)44-7)31(37)29(18-23)25-14-10-12-16-27(25)34(41)45-8/h9-19H,20H2,1-8H3. The molecule has 10 heteroatoms. The van der Waals surface area contributed by atoms with E-state index in [1.54, 1.807) is 70.5 Å². The van der Waals surface area contributed by atoms with Gasteiger partial charge < -0.3 is 18.9 Å². The minimum absolute atomic E-state index is 0.00658. The molecule has 46 heavy (non-hydrogen) atoms. The van der Waals surface area contributed by atoms with Gasteiger partial charge in [0.25, 0.3) is 0 Å². The molecule has 0 aliphatic carbocycles. The fraction of sp³-hybridized carbons (Fsp3) is 0.278. The fourth-order valence-corrected chi connectivity index (χ4v) is 5.13. The predicted octanol–water partition coefficient (Wildman–Crippen LogP) is 7.70. The van der Waals surface area contributed by atoms with Crippen LogP contribution in [0.5, 0.6) is 5.75 Å². The second-order valence-electron chi connectivity index (χ2n) is 11.5. The number of rotatable bonds is 8. The third kappa shape index (κ3) is 7.01. The number of amides is 1. The second kappa shape index (κ2) is 13.8. The third-order valence-corrected chi connectivity index (χ3v) is 7.29. The average molecular weight is 629 g/mol. The Morgan fingerprint density at radius 1 is 0.804 bits per heavy atom. The van der Waals surface area contributed by atoms with Crippen molar-refractivity contribution in [1.82, 2.24) is 4.98 Å². The zero-order valence-electron chi connectivity index (χ0n) is 27.2. The summed E-state index contributed by atoms with van der Waals surface area (Å²) in [6.45, 7) is 8.85. The number of hydrogen-bond donors (Lipinski definition) is 0. The van der Waals surface area contributed by atoms with Gasteiger partial charge in [0.1, 0.15) is 17.2 Å². The summed E-state index contributed by atoms with van der Waals surface area (Å²) in [7, 11) is 4.03. The molecule has 0 saturated heterocycles. The molecule has 9 nitrogen and oxygen atoms in total. The van der Waals surface area contributed by atoms with Crippen LogP contribution in [0.3, 0.4) is 0 Å². The Morgan fingerprint density at radius 2 is 1.30 bits per heavy atom. The van der Waals surface area contributed by atoms with Crippen molar-refractivity contribution in [1.29, 1.82) is 0 Å². The van der Waals surface area contributed by atoms with E-state index in [1.807, 2.05) is 13.8 Å². The van der Waals surface area contributed by atoms with Gasteiger partial charge in [-0.3, -0.25) is 9.88 Å². The van der Waals surface area contributed by atoms with Crippen molar-refractivity contribution < 1.29 is 37.7 Å². The van der Waals surface area contributed by atoms with Crippen LogP contribution in [0.25, 0.3) is 22.3 Å². The van der Waals surface area contributed by atoms with E-state index in [0.29, 0.717) is 17.0 Å². The summed E-state index contributed by atoms with van der Waals surface area (Å²) >= 11 is 0. The van der Waals surface area contributed by atoms with Gasteiger partial charge in [-0.15, -0.1) is 0 Å². The van der Waals surface area contributed by atoms with Gasteiger partial charge in [-0.25, -0.2) is 18.8 Å². The number of halogens is 1. The maximum Gasteiger partial charge on any atom is 0.415 e. The Hall–Kier alpha value is -5.25. The highest BCUT2D eigenvalue weighted by Crippen LogP contribution is 2.39. The van der Waals surface area contributed by atoms with Crippen LogP contribution in [0.2, 0.25) is 0 Å². The number of hydrogen-bond acceptors (Lipinski definition) is 8. The third-order valence-electron chi connectivity index (χ3n) is 7.29. The number of carbonyl (C=O) groups is 3. The summed E-state index contributed by atoms with van der Waals surface area (Å²) in [5, 5.41) is 0.